The Labute approximate surface area is 121 Å². The summed E-state index contributed by atoms with van der Waals surface area (Å²) in [6, 6.07) is 10.1. The summed E-state index contributed by atoms with van der Waals surface area (Å²) in [5.41, 5.74) is 1.10. The van der Waals surface area contributed by atoms with Gasteiger partial charge < -0.3 is 15.0 Å². The zero-order valence-corrected chi connectivity index (χ0v) is 12.3. The lowest BCUT2D eigenvalue weighted by atomic mass is 9.88. The first-order valence-electron chi connectivity index (χ1n) is 7.30. The van der Waals surface area contributed by atoms with Gasteiger partial charge in [0.1, 0.15) is 0 Å². The minimum Gasteiger partial charge on any atom is -0.373 e. The molecule has 0 saturated carbocycles. The molecule has 20 heavy (non-hydrogen) atoms. The zero-order valence-electron chi connectivity index (χ0n) is 12.3. The lowest BCUT2D eigenvalue weighted by Crippen LogP contribution is -2.41. The molecule has 2 rings (SSSR count). The molecule has 110 valence electrons. The summed E-state index contributed by atoms with van der Waals surface area (Å²) in [5, 5.41) is 3.07. The number of carbonyl (C=O) groups is 1. The second kappa shape index (κ2) is 7.41. The van der Waals surface area contributed by atoms with Gasteiger partial charge in [-0.05, 0) is 25.5 Å². The van der Waals surface area contributed by atoms with Crippen LogP contribution >= 0.6 is 0 Å². The van der Waals surface area contributed by atoms with Gasteiger partial charge in [0.05, 0.1) is 12.0 Å². The van der Waals surface area contributed by atoms with Crippen LogP contribution in [0, 0.1) is 5.92 Å². The fourth-order valence-electron chi connectivity index (χ4n) is 2.68. The van der Waals surface area contributed by atoms with Crippen molar-refractivity contribution in [3.05, 3.63) is 35.9 Å². The highest BCUT2D eigenvalue weighted by Crippen LogP contribution is 2.34. The molecule has 1 aromatic rings. The highest BCUT2D eigenvalue weighted by atomic mass is 16.5. The van der Waals surface area contributed by atoms with Crippen molar-refractivity contribution in [2.75, 3.05) is 33.8 Å². The van der Waals surface area contributed by atoms with Gasteiger partial charge >= 0.3 is 0 Å². The molecule has 0 radical (unpaired) electrons. The molecule has 1 fully saturated rings. The van der Waals surface area contributed by atoms with E-state index in [1.807, 2.05) is 49.3 Å². The number of hydrogen-bond acceptors (Lipinski definition) is 3. The van der Waals surface area contributed by atoms with E-state index in [0.29, 0.717) is 0 Å². The maximum absolute atomic E-state index is 12.6. The lowest BCUT2D eigenvalue weighted by Gasteiger charge is -2.33. The highest BCUT2D eigenvalue weighted by Gasteiger charge is 2.34. The number of likely N-dealkylation sites (N-methyl/N-ethyl adjacent to an activating group) is 2. The maximum Gasteiger partial charge on any atom is 0.228 e. The number of ether oxygens (including phenoxy) is 1. The third kappa shape index (κ3) is 3.58. The molecule has 4 heteroatoms. The van der Waals surface area contributed by atoms with Crippen molar-refractivity contribution >= 4 is 5.91 Å². The molecule has 1 aliphatic heterocycles. The van der Waals surface area contributed by atoms with Crippen LogP contribution in [0.1, 0.15) is 24.5 Å². The largest absolute Gasteiger partial charge is 0.373 e. The van der Waals surface area contributed by atoms with E-state index in [9.17, 15) is 4.79 Å². The second-order valence-electron chi connectivity index (χ2n) is 5.31. The van der Waals surface area contributed by atoms with Crippen LogP contribution in [0.3, 0.4) is 0 Å². The van der Waals surface area contributed by atoms with Gasteiger partial charge in [-0.3, -0.25) is 4.79 Å². The Kier molecular flexibility index (Phi) is 5.56. The van der Waals surface area contributed by atoms with Crippen LogP contribution in [0.2, 0.25) is 0 Å². The van der Waals surface area contributed by atoms with Crippen LogP contribution in [-0.2, 0) is 9.53 Å². The van der Waals surface area contributed by atoms with E-state index in [1.165, 1.54) is 0 Å². The Balaban J connectivity index is 2.09. The summed E-state index contributed by atoms with van der Waals surface area (Å²) in [7, 11) is 3.77. The number of benzene rings is 1. The van der Waals surface area contributed by atoms with E-state index in [4.69, 9.17) is 4.74 Å². The normalized spacial score (nSPS) is 22.5. The Hall–Kier alpha value is -1.39. The number of carbonyl (C=O) groups excluding carboxylic acids is 1. The van der Waals surface area contributed by atoms with Gasteiger partial charge in [-0.1, -0.05) is 30.3 Å². The number of rotatable bonds is 5. The smallest absolute Gasteiger partial charge is 0.228 e. The Morgan fingerprint density at radius 1 is 1.40 bits per heavy atom. The minimum atomic E-state index is -0.102. The average Bonchev–Trinajstić information content (AvgIpc) is 2.52. The third-order valence-electron chi connectivity index (χ3n) is 3.84. The number of nitrogens with zero attached hydrogens (tertiary/aromatic N) is 1. The minimum absolute atomic E-state index is 0.0620. The van der Waals surface area contributed by atoms with Crippen molar-refractivity contribution in [3.63, 3.8) is 0 Å². The molecule has 0 spiro atoms. The van der Waals surface area contributed by atoms with Crippen molar-refractivity contribution in [2.24, 2.45) is 5.92 Å². The molecule has 1 aliphatic rings. The molecule has 0 bridgehead atoms. The van der Waals surface area contributed by atoms with Gasteiger partial charge in [-0.25, -0.2) is 0 Å². The molecule has 1 amide bonds. The Morgan fingerprint density at radius 3 is 2.85 bits per heavy atom. The highest BCUT2D eigenvalue weighted by molar-refractivity contribution is 5.79. The predicted molar refractivity (Wildman–Crippen MR) is 79.4 cm³/mol. The Morgan fingerprint density at radius 2 is 2.15 bits per heavy atom. The fourth-order valence-corrected chi connectivity index (χ4v) is 2.68. The van der Waals surface area contributed by atoms with Crippen LogP contribution in [0.25, 0.3) is 0 Å². The van der Waals surface area contributed by atoms with E-state index in [1.54, 1.807) is 0 Å². The number of hydrogen-bond donors (Lipinski definition) is 1. The van der Waals surface area contributed by atoms with Crippen molar-refractivity contribution in [1.82, 2.24) is 10.2 Å². The van der Waals surface area contributed by atoms with Crippen LogP contribution in [-0.4, -0.2) is 44.6 Å². The van der Waals surface area contributed by atoms with Gasteiger partial charge in [0.2, 0.25) is 5.91 Å². The van der Waals surface area contributed by atoms with Gasteiger partial charge in [-0.2, -0.15) is 0 Å². The fraction of sp³-hybridized carbons (Fsp3) is 0.562. The molecule has 1 aromatic carbocycles. The first kappa shape index (κ1) is 15.0. The summed E-state index contributed by atoms with van der Waals surface area (Å²) < 4.78 is 5.89. The van der Waals surface area contributed by atoms with Gasteiger partial charge in [0.15, 0.2) is 0 Å². The molecule has 2 atom stereocenters. The van der Waals surface area contributed by atoms with E-state index in [0.717, 1.165) is 38.1 Å². The first-order chi connectivity index (χ1) is 9.74. The number of nitrogens with one attached hydrogen (secondary N) is 1. The summed E-state index contributed by atoms with van der Waals surface area (Å²) in [6.07, 6.45) is 1.76. The second-order valence-corrected chi connectivity index (χ2v) is 5.31. The van der Waals surface area contributed by atoms with Crippen molar-refractivity contribution in [3.8, 4) is 0 Å². The lowest BCUT2D eigenvalue weighted by molar-refractivity contribution is -0.144. The van der Waals surface area contributed by atoms with Crippen LogP contribution in [0.15, 0.2) is 30.3 Å². The molecule has 1 heterocycles. The third-order valence-corrected chi connectivity index (χ3v) is 3.84. The van der Waals surface area contributed by atoms with E-state index < -0.39 is 0 Å². The molecule has 0 aliphatic carbocycles. The molecule has 2 unspecified atom stereocenters. The van der Waals surface area contributed by atoms with E-state index >= 15 is 0 Å². The summed E-state index contributed by atoms with van der Waals surface area (Å²) in [5.74, 6) is 0.127. The molecular formula is C16H24N2O2. The monoisotopic (exact) mass is 276 g/mol. The zero-order chi connectivity index (χ0) is 14.4. The van der Waals surface area contributed by atoms with Gasteiger partial charge in [-0.15, -0.1) is 0 Å². The van der Waals surface area contributed by atoms with Gasteiger partial charge in [0, 0.05) is 26.7 Å². The maximum atomic E-state index is 12.6. The molecule has 1 saturated heterocycles. The summed E-state index contributed by atoms with van der Waals surface area (Å²) in [6.45, 7) is 2.28. The van der Waals surface area contributed by atoms with Gasteiger partial charge in [0.25, 0.3) is 0 Å². The molecule has 1 N–H and O–H groups in total. The van der Waals surface area contributed by atoms with E-state index in [-0.39, 0.29) is 17.9 Å². The first-order valence-corrected chi connectivity index (χ1v) is 7.30. The Bertz CT molecular complexity index is 422. The summed E-state index contributed by atoms with van der Waals surface area (Å²) in [4.78, 5) is 14.4. The standard InChI is InChI=1S/C16H24N2O2/c1-17-10-11-18(2)16(19)14-9-6-12-20-15(14)13-7-4-3-5-8-13/h3-5,7-8,14-15,17H,6,9-12H2,1-2H3. The quantitative estimate of drug-likeness (QED) is 0.892. The van der Waals surface area contributed by atoms with Crippen molar-refractivity contribution in [2.45, 2.75) is 18.9 Å². The van der Waals surface area contributed by atoms with Crippen LogP contribution in [0.5, 0.6) is 0 Å². The molecular weight excluding hydrogens is 252 g/mol. The van der Waals surface area contributed by atoms with Crippen molar-refractivity contribution in [1.29, 1.82) is 0 Å². The van der Waals surface area contributed by atoms with E-state index in [2.05, 4.69) is 5.32 Å². The molecule has 4 nitrogen and oxygen atoms in total. The summed E-state index contributed by atoms with van der Waals surface area (Å²) >= 11 is 0. The van der Waals surface area contributed by atoms with Crippen molar-refractivity contribution < 1.29 is 9.53 Å². The number of amides is 1. The SMILES string of the molecule is CNCCN(C)C(=O)C1CCCOC1c1ccccc1. The topological polar surface area (TPSA) is 41.6 Å². The van der Waals surface area contributed by atoms with Crippen LogP contribution in [0.4, 0.5) is 0 Å². The molecule has 0 aromatic heterocycles. The predicted octanol–water partition coefficient (Wildman–Crippen LogP) is 1.83. The average molecular weight is 276 g/mol. The van der Waals surface area contributed by atoms with Crippen LogP contribution < -0.4 is 5.32 Å².